The van der Waals surface area contributed by atoms with Gasteiger partial charge in [0.05, 0.1) is 19.7 Å². The van der Waals surface area contributed by atoms with Crippen LogP contribution in [0.15, 0.2) is 16.7 Å². The fourth-order valence-corrected chi connectivity index (χ4v) is 3.77. The molecule has 28 heavy (non-hydrogen) atoms. The van der Waals surface area contributed by atoms with Crippen LogP contribution in [0.2, 0.25) is 5.15 Å². The minimum Gasteiger partial charge on any atom is -0.467 e. The number of pyridine rings is 1. The molecule has 0 spiro atoms. The summed E-state index contributed by atoms with van der Waals surface area (Å²) in [4.78, 5) is 44.3. The number of hydrogen-bond donors (Lipinski definition) is 0. The first-order valence-electron chi connectivity index (χ1n) is 8.60. The predicted octanol–water partition coefficient (Wildman–Crippen LogP) is 3.18. The molecule has 1 fully saturated rings. The molecule has 2 atom stereocenters. The van der Waals surface area contributed by atoms with Crippen molar-refractivity contribution < 1.29 is 23.9 Å². The van der Waals surface area contributed by atoms with Crippen molar-refractivity contribution in [2.75, 3.05) is 20.2 Å². The SMILES string of the molecule is COC(=O)C1CN(C(C)=O)C(c2cc(Cl)nc(Br)c2)CN1C(=O)OC(C)(C)C. The molecule has 1 aromatic rings. The zero-order valence-electron chi connectivity index (χ0n) is 16.4. The van der Waals surface area contributed by atoms with Crippen molar-refractivity contribution in [1.29, 1.82) is 0 Å². The minimum absolute atomic E-state index is 0.0243. The largest absolute Gasteiger partial charge is 0.467 e. The van der Waals surface area contributed by atoms with Crippen molar-refractivity contribution in [2.45, 2.75) is 45.4 Å². The van der Waals surface area contributed by atoms with Crippen LogP contribution in [0.1, 0.15) is 39.3 Å². The third-order valence-electron chi connectivity index (χ3n) is 4.17. The standard InChI is InChI=1S/C18H23BrClN3O5/c1-10(24)22-9-13(16(25)27-5)23(17(26)28-18(2,3)4)8-12(22)11-6-14(19)21-15(20)7-11/h6-7,12-13H,8-9H2,1-5H3. The van der Waals surface area contributed by atoms with Gasteiger partial charge in [0.15, 0.2) is 6.04 Å². The Morgan fingerprint density at radius 3 is 2.36 bits per heavy atom. The van der Waals surface area contributed by atoms with E-state index in [9.17, 15) is 14.4 Å². The Balaban J connectivity index is 2.46. The second-order valence-electron chi connectivity index (χ2n) is 7.40. The van der Waals surface area contributed by atoms with E-state index in [0.717, 1.165) is 0 Å². The summed E-state index contributed by atoms with van der Waals surface area (Å²) in [5.74, 6) is -0.865. The smallest absolute Gasteiger partial charge is 0.411 e. The molecule has 154 valence electrons. The molecule has 0 N–H and O–H groups in total. The molecule has 2 rings (SSSR count). The molecule has 1 aromatic heterocycles. The zero-order valence-corrected chi connectivity index (χ0v) is 18.7. The van der Waals surface area contributed by atoms with Crippen LogP contribution >= 0.6 is 27.5 Å². The summed E-state index contributed by atoms with van der Waals surface area (Å²) in [6, 6.07) is 1.85. The van der Waals surface area contributed by atoms with Gasteiger partial charge in [0.1, 0.15) is 15.4 Å². The molecule has 0 bridgehead atoms. The number of amides is 2. The molecule has 2 amide bonds. The molecule has 10 heteroatoms. The number of aromatic nitrogens is 1. The average Bonchev–Trinajstić information content (AvgIpc) is 2.57. The van der Waals surface area contributed by atoms with Crippen LogP contribution < -0.4 is 0 Å². The summed E-state index contributed by atoms with van der Waals surface area (Å²) >= 11 is 9.35. The van der Waals surface area contributed by atoms with Crippen molar-refractivity contribution in [1.82, 2.24) is 14.8 Å². The fraction of sp³-hybridized carbons (Fsp3) is 0.556. The first kappa shape index (κ1) is 22.4. The number of halogens is 2. The Kier molecular flexibility index (Phi) is 6.93. The van der Waals surface area contributed by atoms with Crippen LogP contribution in [-0.4, -0.2) is 64.6 Å². The van der Waals surface area contributed by atoms with E-state index in [1.165, 1.54) is 23.8 Å². The molecule has 2 heterocycles. The molecular formula is C18H23BrClN3O5. The Labute approximate surface area is 177 Å². The Morgan fingerprint density at radius 2 is 1.86 bits per heavy atom. The monoisotopic (exact) mass is 475 g/mol. The highest BCUT2D eigenvalue weighted by Crippen LogP contribution is 2.32. The van der Waals surface area contributed by atoms with E-state index in [2.05, 4.69) is 20.9 Å². The normalized spacial score (nSPS) is 20.0. The summed E-state index contributed by atoms with van der Waals surface area (Å²) in [6.07, 6.45) is -0.657. The first-order valence-corrected chi connectivity index (χ1v) is 9.77. The molecule has 1 aliphatic heterocycles. The second kappa shape index (κ2) is 8.65. The van der Waals surface area contributed by atoms with Gasteiger partial charge in [0, 0.05) is 13.5 Å². The molecule has 1 saturated heterocycles. The van der Waals surface area contributed by atoms with Gasteiger partial charge in [-0.3, -0.25) is 9.69 Å². The Bertz CT molecular complexity index is 763. The maximum Gasteiger partial charge on any atom is 0.411 e. The van der Waals surface area contributed by atoms with Crippen molar-refractivity contribution in [3.05, 3.63) is 27.5 Å². The lowest BCUT2D eigenvalue weighted by atomic mass is 10.00. The Morgan fingerprint density at radius 1 is 1.21 bits per heavy atom. The molecule has 0 radical (unpaired) electrons. The maximum absolute atomic E-state index is 12.8. The number of methoxy groups -OCH3 is 1. The number of hydrogen-bond acceptors (Lipinski definition) is 6. The lowest BCUT2D eigenvalue weighted by Gasteiger charge is -2.45. The van der Waals surface area contributed by atoms with Gasteiger partial charge < -0.3 is 14.4 Å². The average molecular weight is 477 g/mol. The highest BCUT2D eigenvalue weighted by atomic mass is 79.9. The minimum atomic E-state index is -0.972. The van der Waals surface area contributed by atoms with Crippen LogP contribution in [0.25, 0.3) is 0 Å². The van der Waals surface area contributed by atoms with E-state index < -0.39 is 29.7 Å². The number of nitrogens with zero attached hydrogens (tertiary/aromatic N) is 3. The molecule has 1 aliphatic rings. The topological polar surface area (TPSA) is 89.0 Å². The van der Waals surface area contributed by atoms with Gasteiger partial charge in [-0.25, -0.2) is 14.6 Å². The van der Waals surface area contributed by atoms with Crippen LogP contribution in [-0.2, 0) is 19.1 Å². The summed E-state index contributed by atoms with van der Waals surface area (Å²) in [5, 5.41) is 0.242. The zero-order chi connectivity index (χ0) is 21.2. The van der Waals surface area contributed by atoms with Gasteiger partial charge in [0.25, 0.3) is 0 Å². The Hall–Kier alpha value is -1.87. The third-order valence-corrected chi connectivity index (χ3v) is 4.77. The van der Waals surface area contributed by atoms with Crippen LogP contribution in [0.3, 0.4) is 0 Å². The summed E-state index contributed by atoms with van der Waals surface area (Å²) in [7, 11) is 1.24. The van der Waals surface area contributed by atoms with Gasteiger partial charge >= 0.3 is 12.1 Å². The number of esters is 1. The fourth-order valence-electron chi connectivity index (χ4n) is 2.99. The lowest BCUT2D eigenvalue weighted by Crippen LogP contribution is -2.61. The predicted molar refractivity (Wildman–Crippen MR) is 106 cm³/mol. The van der Waals surface area contributed by atoms with E-state index in [1.807, 2.05) is 0 Å². The quantitative estimate of drug-likeness (QED) is 0.481. The summed E-state index contributed by atoms with van der Waals surface area (Å²) in [6.45, 7) is 6.64. The molecule has 0 aliphatic carbocycles. The van der Waals surface area contributed by atoms with Gasteiger partial charge in [-0.1, -0.05) is 11.6 Å². The number of rotatable bonds is 2. The first-order chi connectivity index (χ1) is 12.9. The molecule has 0 aromatic carbocycles. The van der Waals surface area contributed by atoms with Gasteiger partial charge in [0.2, 0.25) is 5.91 Å². The van der Waals surface area contributed by atoms with E-state index >= 15 is 0 Å². The highest BCUT2D eigenvalue weighted by Gasteiger charge is 2.43. The van der Waals surface area contributed by atoms with Crippen molar-refractivity contribution in [2.24, 2.45) is 0 Å². The van der Waals surface area contributed by atoms with Crippen molar-refractivity contribution in [3.8, 4) is 0 Å². The lowest BCUT2D eigenvalue weighted by molar-refractivity contribution is -0.153. The van der Waals surface area contributed by atoms with Gasteiger partial charge in [-0.05, 0) is 54.4 Å². The molecule has 2 unspecified atom stereocenters. The van der Waals surface area contributed by atoms with E-state index in [1.54, 1.807) is 32.9 Å². The van der Waals surface area contributed by atoms with E-state index in [0.29, 0.717) is 10.2 Å². The maximum atomic E-state index is 12.8. The van der Waals surface area contributed by atoms with Crippen molar-refractivity contribution >= 4 is 45.5 Å². The number of carbonyl (C=O) groups excluding carboxylic acids is 3. The second-order valence-corrected chi connectivity index (χ2v) is 8.60. The van der Waals surface area contributed by atoms with Gasteiger partial charge in [-0.15, -0.1) is 0 Å². The van der Waals surface area contributed by atoms with E-state index in [4.69, 9.17) is 21.1 Å². The highest BCUT2D eigenvalue weighted by molar-refractivity contribution is 9.10. The molecule has 0 saturated carbocycles. The molecular weight excluding hydrogens is 454 g/mol. The summed E-state index contributed by atoms with van der Waals surface area (Å²) < 4.78 is 10.8. The van der Waals surface area contributed by atoms with Gasteiger partial charge in [-0.2, -0.15) is 0 Å². The number of piperazine rings is 1. The van der Waals surface area contributed by atoms with E-state index in [-0.39, 0.29) is 24.1 Å². The van der Waals surface area contributed by atoms with Crippen LogP contribution in [0, 0.1) is 0 Å². The van der Waals surface area contributed by atoms with Crippen LogP contribution in [0.5, 0.6) is 0 Å². The number of ether oxygens (including phenoxy) is 2. The van der Waals surface area contributed by atoms with Crippen molar-refractivity contribution in [3.63, 3.8) is 0 Å². The summed E-state index contributed by atoms with van der Waals surface area (Å²) in [5.41, 5.74) is -0.0625. The van der Waals surface area contributed by atoms with Crippen LogP contribution in [0.4, 0.5) is 4.79 Å². The molecule has 8 nitrogen and oxygen atoms in total. The number of carbonyl (C=O) groups is 3. The third kappa shape index (κ3) is 5.35.